The molecule has 0 atom stereocenters. The van der Waals surface area contributed by atoms with Crippen LogP contribution in [0.1, 0.15) is 32.6 Å². The first-order valence-electron chi connectivity index (χ1n) is 9.13. The summed E-state index contributed by atoms with van der Waals surface area (Å²) in [5, 5.41) is 0.304. The number of ketones is 1. The van der Waals surface area contributed by atoms with Crippen molar-refractivity contribution < 1.29 is 18.7 Å². The lowest BCUT2D eigenvalue weighted by Gasteiger charge is -2.12. The summed E-state index contributed by atoms with van der Waals surface area (Å²) in [5.74, 6) is 0.805. The zero-order chi connectivity index (χ0) is 20.5. The summed E-state index contributed by atoms with van der Waals surface area (Å²) in [6.07, 6.45) is 1.74. The number of hydrogen-bond donors (Lipinski definition) is 0. The molecule has 0 spiro atoms. The largest absolute Gasteiger partial charge is 0.488 e. The molecule has 0 saturated carbocycles. The average molecular weight is 409 g/mol. The van der Waals surface area contributed by atoms with Gasteiger partial charge < -0.3 is 9.47 Å². The van der Waals surface area contributed by atoms with Crippen LogP contribution >= 0.6 is 11.6 Å². The molecule has 0 radical (unpaired) electrons. The first kappa shape index (κ1) is 19.2. The number of hydrogen-bond acceptors (Lipinski definition) is 3. The lowest BCUT2D eigenvalue weighted by molar-refractivity contribution is 0.101. The Morgan fingerprint density at radius 3 is 2.55 bits per heavy atom. The molecule has 0 bridgehead atoms. The van der Waals surface area contributed by atoms with Crippen LogP contribution in [0.5, 0.6) is 11.5 Å². The van der Waals surface area contributed by atoms with E-state index in [-0.39, 0.29) is 18.1 Å². The lowest BCUT2D eigenvalue weighted by atomic mass is 10.1. The molecule has 0 unspecified atom stereocenters. The molecule has 0 N–H and O–H groups in total. The Bertz CT molecular complexity index is 1130. The van der Waals surface area contributed by atoms with Gasteiger partial charge in [-0.1, -0.05) is 47.5 Å². The Labute approximate surface area is 173 Å². The number of benzene rings is 3. The fraction of sp³-hybridized carbons (Fsp3) is 0.125. The molecule has 3 aromatic carbocycles. The van der Waals surface area contributed by atoms with Gasteiger partial charge in [0, 0.05) is 11.1 Å². The number of aryl methyl sites for hydroxylation is 1. The van der Waals surface area contributed by atoms with Crippen molar-refractivity contribution in [3.8, 4) is 11.5 Å². The van der Waals surface area contributed by atoms with Gasteiger partial charge in [0.05, 0.1) is 10.6 Å². The molecule has 0 saturated heterocycles. The first-order valence-corrected chi connectivity index (χ1v) is 9.51. The van der Waals surface area contributed by atoms with Gasteiger partial charge in [0.25, 0.3) is 0 Å². The van der Waals surface area contributed by atoms with E-state index in [1.165, 1.54) is 12.1 Å². The second-order valence-electron chi connectivity index (χ2n) is 6.94. The molecular formula is C24H18ClFO3. The van der Waals surface area contributed by atoms with Crippen LogP contribution in [0.25, 0.3) is 6.08 Å². The van der Waals surface area contributed by atoms with Crippen LogP contribution in [0.2, 0.25) is 5.02 Å². The van der Waals surface area contributed by atoms with E-state index >= 15 is 0 Å². The van der Waals surface area contributed by atoms with Gasteiger partial charge >= 0.3 is 0 Å². The summed E-state index contributed by atoms with van der Waals surface area (Å²) in [6, 6.07) is 15.5. The zero-order valence-corrected chi connectivity index (χ0v) is 16.7. The second-order valence-corrected chi connectivity index (χ2v) is 7.35. The highest BCUT2D eigenvalue weighted by Gasteiger charge is 2.30. The molecule has 1 aliphatic rings. The molecule has 5 heteroatoms. The summed E-state index contributed by atoms with van der Waals surface area (Å²) >= 11 is 6.06. The summed E-state index contributed by atoms with van der Waals surface area (Å²) < 4.78 is 24.9. The van der Waals surface area contributed by atoms with E-state index in [4.69, 9.17) is 21.1 Å². The molecule has 1 aliphatic heterocycles. The van der Waals surface area contributed by atoms with Crippen molar-refractivity contribution >= 4 is 23.5 Å². The van der Waals surface area contributed by atoms with E-state index < -0.39 is 5.82 Å². The number of rotatable bonds is 4. The smallest absolute Gasteiger partial charge is 0.231 e. The molecule has 0 aromatic heterocycles. The third-order valence-corrected chi connectivity index (χ3v) is 5.16. The normalized spacial score (nSPS) is 14.1. The molecule has 4 rings (SSSR count). The highest BCUT2D eigenvalue weighted by Crippen LogP contribution is 2.39. The molecule has 1 heterocycles. The van der Waals surface area contributed by atoms with E-state index in [9.17, 15) is 9.18 Å². The first-order chi connectivity index (χ1) is 13.9. The molecule has 0 aliphatic carbocycles. The van der Waals surface area contributed by atoms with Gasteiger partial charge in [0.1, 0.15) is 23.9 Å². The van der Waals surface area contributed by atoms with Gasteiger partial charge in [0.15, 0.2) is 5.76 Å². The van der Waals surface area contributed by atoms with Gasteiger partial charge in [-0.25, -0.2) is 4.39 Å². The lowest BCUT2D eigenvalue weighted by Crippen LogP contribution is -1.99. The maximum absolute atomic E-state index is 13.2. The number of carbonyl (C=O) groups excluding carboxylic acids is 1. The van der Waals surface area contributed by atoms with E-state index in [1.54, 1.807) is 24.3 Å². The topological polar surface area (TPSA) is 35.5 Å². The van der Waals surface area contributed by atoms with E-state index in [0.717, 1.165) is 16.7 Å². The Morgan fingerprint density at radius 1 is 1.07 bits per heavy atom. The van der Waals surface area contributed by atoms with Crippen LogP contribution in [-0.4, -0.2) is 5.78 Å². The number of halogens is 2. The fourth-order valence-corrected chi connectivity index (χ4v) is 3.35. The van der Waals surface area contributed by atoms with E-state index in [0.29, 0.717) is 27.6 Å². The molecule has 3 nitrogen and oxygen atoms in total. The number of ether oxygens (including phenoxy) is 2. The number of allylic oxidation sites excluding steroid dienone is 1. The van der Waals surface area contributed by atoms with Gasteiger partial charge in [-0.3, -0.25) is 4.79 Å². The maximum Gasteiger partial charge on any atom is 0.231 e. The monoisotopic (exact) mass is 408 g/mol. The molecule has 0 fully saturated rings. The second kappa shape index (κ2) is 7.72. The van der Waals surface area contributed by atoms with Crippen LogP contribution in [-0.2, 0) is 6.61 Å². The third-order valence-electron chi connectivity index (χ3n) is 4.81. The number of carbonyl (C=O) groups is 1. The van der Waals surface area contributed by atoms with E-state index in [1.807, 2.05) is 38.1 Å². The van der Waals surface area contributed by atoms with Gasteiger partial charge in [-0.05, 0) is 49.8 Å². The van der Waals surface area contributed by atoms with Gasteiger partial charge in [-0.2, -0.15) is 0 Å². The minimum Gasteiger partial charge on any atom is -0.488 e. The predicted octanol–water partition coefficient (Wildman–Crippen LogP) is 6.29. The van der Waals surface area contributed by atoms with Gasteiger partial charge in [0.2, 0.25) is 5.78 Å². The van der Waals surface area contributed by atoms with Crippen molar-refractivity contribution in [1.82, 2.24) is 0 Å². The van der Waals surface area contributed by atoms with Crippen LogP contribution in [0, 0.1) is 19.7 Å². The minimum absolute atomic E-state index is 0.156. The summed E-state index contributed by atoms with van der Waals surface area (Å²) in [6.45, 7) is 4.02. The Morgan fingerprint density at radius 2 is 1.83 bits per heavy atom. The van der Waals surface area contributed by atoms with Crippen LogP contribution in [0.3, 0.4) is 0 Å². The average Bonchev–Trinajstić information content (AvgIpc) is 3.01. The highest BCUT2D eigenvalue weighted by atomic mass is 35.5. The van der Waals surface area contributed by atoms with Crippen molar-refractivity contribution in [2.75, 3.05) is 0 Å². The Hall–Kier alpha value is -3.11. The predicted molar refractivity (Wildman–Crippen MR) is 111 cm³/mol. The SMILES string of the molecule is Cc1ccc(/C=C2\Oc3c(ccc(OCc4ccc(F)cc4Cl)c3C)C2=O)cc1. The highest BCUT2D eigenvalue weighted by molar-refractivity contribution is 6.31. The van der Waals surface area contributed by atoms with Crippen molar-refractivity contribution in [3.05, 3.63) is 99.0 Å². The van der Waals surface area contributed by atoms with E-state index in [2.05, 4.69) is 0 Å². The van der Waals surface area contributed by atoms with Crippen LogP contribution in [0.4, 0.5) is 4.39 Å². The standard InChI is InChI=1S/C24H18ClFO3/c1-14-3-5-16(6-4-14)11-22-23(27)19-9-10-21(15(2)24(19)29-22)28-13-17-7-8-18(26)12-20(17)25/h3-12H,13H2,1-2H3/b22-11-. The molecule has 0 amide bonds. The Kier molecular flexibility index (Phi) is 5.12. The fourth-order valence-electron chi connectivity index (χ4n) is 3.13. The quantitative estimate of drug-likeness (QED) is 0.476. The minimum atomic E-state index is -0.396. The number of Topliss-reactive ketones (excluding diaryl/α,β-unsaturated/α-hetero) is 1. The molecule has 3 aromatic rings. The van der Waals surface area contributed by atoms with Crippen molar-refractivity contribution in [2.24, 2.45) is 0 Å². The summed E-state index contributed by atoms with van der Waals surface area (Å²) in [5.41, 5.74) is 3.94. The summed E-state index contributed by atoms with van der Waals surface area (Å²) in [4.78, 5) is 12.7. The van der Waals surface area contributed by atoms with Crippen LogP contribution < -0.4 is 9.47 Å². The van der Waals surface area contributed by atoms with Crippen molar-refractivity contribution in [1.29, 1.82) is 0 Å². The molecule has 29 heavy (non-hydrogen) atoms. The van der Waals surface area contributed by atoms with Crippen LogP contribution in [0.15, 0.2) is 60.4 Å². The number of fused-ring (bicyclic) bond motifs is 1. The van der Waals surface area contributed by atoms with Gasteiger partial charge in [-0.15, -0.1) is 0 Å². The Balaban J connectivity index is 1.57. The molecular weight excluding hydrogens is 391 g/mol. The maximum atomic E-state index is 13.2. The zero-order valence-electron chi connectivity index (χ0n) is 16.0. The third kappa shape index (κ3) is 3.89. The molecule has 146 valence electrons. The summed E-state index contributed by atoms with van der Waals surface area (Å²) in [7, 11) is 0. The van der Waals surface area contributed by atoms with Crippen molar-refractivity contribution in [2.45, 2.75) is 20.5 Å². The van der Waals surface area contributed by atoms with Crippen molar-refractivity contribution in [3.63, 3.8) is 0 Å².